The molecule has 0 N–H and O–H groups in total. The standard InChI is InChI=1S/C65H116O6/c1-4-7-10-13-16-19-22-25-28-31-33-35-37-40-43-46-49-52-55-58-64(67)70-61-62(60-69-63(66)57-54-51-48-45-42-39-36-30-27-24-21-18-15-12-9-6-3)71-65(68)59-56-53-50-47-44-41-38-34-32-29-26-23-20-17-14-11-8-5-2/h9,12,18,21,27,30-31,33-34,38,62H,4-8,10-11,13-17,19-20,22-26,28-29,32,35-37,39-61H2,1-3H3/b12-9-,21-18-,30-27-,33-31-,38-34-. The lowest BCUT2D eigenvalue weighted by Gasteiger charge is -2.18. The Morgan fingerprint density at radius 1 is 0.296 bits per heavy atom. The molecule has 1 unspecified atom stereocenters. The van der Waals surface area contributed by atoms with Gasteiger partial charge in [-0.1, -0.05) is 255 Å². The molecule has 0 aliphatic rings. The average molecular weight is 994 g/mol. The van der Waals surface area contributed by atoms with Crippen LogP contribution in [0.1, 0.15) is 316 Å². The van der Waals surface area contributed by atoms with Crippen LogP contribution < -0.4 is 0 Å². The molecule has 6 nitrogen and oxygen atoms in total. The Labute approximate surface area is 440 Å². The van der Waals surface area contributed by atoms with Crippen molar-refractivity contribution in [3.05, 3.63) is 60.8 Å². The number of carbonyl (C=O) groups excluding carboxylic acids is 3. The number of rotatable bonds is 56. The molecule has 0 bridgehead atoms. The van der Waals surface area contributed by atoms with E-state index in [1.807, 2.05) is 0 Å². The molecule has 71 heavy (non-hydrogen) atoms. The van der Waals surface area contributed by atoms with E-state index < -0.39 is 6.10 Å². The molecular formula is C65H116O6. The summed E-state index contributed by atoms with van der Waals surface area (Å²) < 4.78 is 16.9. The summed E-state index contributed by atoms with van der Waals surface area (Å²) >= 11 is 0. The van der Waals surface area contributed by atoms with E-state index in [0.717, 1.165) is 96.3 Å². The van der Waals surface area contributed by atoms with Crippen LogP contribution in [0, 0.1) is 0 Å². The molecule has 0 amide bonds. The van der Waals surface area contributed by atoms with Gasteiger partial charge in [-0.2, -0.15) is 0 Å². The fraction of sp³-hybridized carbons (Fsp3) is 0.800. The Balaban J connectivity index is 4.39. The summed E-state index contributed by atoms with van der Waals surface area (Å²) in [4.78, 5) is 38.3. The monoisotopic (exact) mass is 993 g/mol. The number of allylic oxidation sites excluding steroid dienone is 10. The summed E-state index contributed by atoms with van der Waals surface area (Å²) in [6, 6.07) is 0. The highest BCUT2D eigenvalue weighted by molar-refractivity contribution is 5.71. The Hall–Kier alpha value is -2.89. The zero-order chi connectivity index (χ0) is 51.4. The van der Waals surface area contributed by atoms with Crippen LogP contribution in [0.4, 0.5) is 0 Å². The molecule has 0 radical (unpaired) electrons. The van der Waals surface area contributed by atoms with Crippen molar-refractivity contribution in [2.24, 2.45) is 0 Å². The number of carbonyl (C=O) groups is 3. The van der Waals surface area contributed by atoms with Crippen LogP contribution >= 0.6 is 0 Å². The molecule has 0 aliphatic carbocycles. The molecule has 0 aromatic rings. The second-order valence-corrected chi connectivity index (χ2v) is 20.6. The van der Waals surface area contributed by atoms with E-state index in [9.17, 15) is 14.4 Å². The van der Waals surface area contributed by atoms with Crippen molar-refractivity contribution < 1.29 is 28.6 Å². The first-order valence-electron chi connectivity index (χ1n) is 30.8. The van der Waals surface area contributed by atoms with Gasteiger partial charge in [-0.3, -0.25) is 14.4 Å². The third kappa shape index (κ3) is 57.9. The van der Waals surface area contributed by atoms with E-state index >= 15 is 0 Å². The fourth-order valence-electron chi connectivity index (χ4n) is 8.86. The van der Waals surface area contributed by atoms with Crippen LogP contribution in [0.2, 0.25) is 0 Å². The average Bonchev–Trinajstić information content (AvgIpc) is 3.37. The smallest absolute Gasteiger partial charge is 0.306 e. The number of unbranched alkanes of at least 4 members (excludes halogenated alkanes) is 35. The van der Waals surface area contributed by atoms with Gasteiger partial charge in [0.25, 0.3) is 0 Å². The van der Waals surface area contributed by atoms with Crippen molar-refractivity contribution in [2.75, 3.05) is 13.2 Å². The first-order chi connectivity index (χ1) is 35.0. The van der Waals surface area contributed by atoms with Crippen LogP contribution in [-0.4, -0.2) is 37.2 Å². The fourth-order valence-corrected chi connectivity index (χ4v) is 8.86. The van der Waals surface area contributed by atoms with E-state index in [0.29, 0.717) is 19.3 Å². The third-order valence-electron chi connectivity index (χ3n) is 13.5. The third-order valence-corrected chi connectivity index (χ3v) is 13.5. The molecule has 0 aliphatic heterocycles. The van der Waals surface area contributed by atoms with Crippen molar-refractivity contribution in [1.29, 1.82) is 0 Å². The van der Waals surface area contributed by atoms with Crippen LogP contribution in [0.15, 0.2) is 60.8 Å². The zero-order valence-corrected chi connectivity index (χ0v) is 47.2. The molecule has 1 atom stereocenters. The molecule has 0 aromatic heterocycles. The Bertz CT molecular complexity index is 1280. The summed E-state index contributed by atoms with van der Waals surface area (Å²) in [5, 5.41) is 0. The Morgan fingerprint density at radius 2 is 0.549 bits per heavy atom. The van der Waals surface area contributed by atoms with Crippen molar-refractivity contribution >= 4 is 17.9 Å². The molecule has 0 rings (SSSR count). The van der Waals surface area contributed by atoms with Crippen molar-refractivity contribution in [2.45, 2.75) is 322 Å². The van der Waals surface area contributed by atoms with Gasteiger partial charge in [-0.05, 0) is 103 Å². The first-order valence-corrected chi connectivity index (χ1v) is 30.8. The second kappa shape index (κ2) is 59.7. The summed E-state index contributed by atoms with van der Waals surface area (Å²) in [5.74, 6) is -0.894. The SMILES string of the molecule is CC/C=C\C/C=C\C/C=C\CCCCCCCCC(=O)OCC(COC(=O)CCCCCCCCC/C=C\CCCCCCCCCC)OC(=O)CCCCCCC/C=C\CCCCCCCCCCC. The lowest BCUT2D eigenvalue weighted by Crippen LogP contribution is -2.30. The molecule has 0 spiro atoms. The second-order valence-electron chi connectivity index (χ2n) is 20.6. The molecule has 0 saturated carbocycles. The van der Waals surface area contributed by atoms with Gasteiger partial charge < -0.3 is 14.2 Å². The van der Waals surface area contributed by atoms with E-state index in [1.54, 1.807) is 0 Å². The summed E-state index contributed by atoms with van der Waals surface area (Å²) in [5.41, 5.74) is 0. The number of ether oxygens (including phenoxy) is 3. The van der Waals surface area contributed by atoms with Gasteiger partial charge in [0, 0.05) is 19.3 Å². The predicted octanol–water partition coefficient (Wildman–Crippen LogP) is 20.8. The van der Waals surface area contributed by atoms with Gasteiger partial charge in [0.1, 0.15) is 13.2 Å². The van der Waals surface area contributed by atoms with Crippen molar-refractivity contribution in [3.8, 4) is 0 Å². The molecule has 0 saturated heterocycles. The maximum Gasteiger partial charge on any atom is 0.306 e. The minimum Gasteiger partial charge on any atom is -0.462 e. The molecule has 0 heterocycles. The van der Waals surface area contributed by atoms with Crippen LogP contribution in [-0.2, 0) is 28.6 Å². The Kier molecular flexibility index (Phi) is 57.2. The van der Waals surface area contributed by atoms with Crippen molar-refractivity contribution in [1.82, 2.24) is 0 Å². The van der Waals surface area contributed by atoms with E-state index in [1.165, 1.54) is 180 Å². The lowest BCUT2D eigenvalue weighted by molar-refractivity contribution is -0.167. The molecular weight excluding hydrogens is 877 g/mol. The molecule has 0 fully saturated rings. The summed E-state index contributed by atoms with van der Waals surface area (Å²) in [6.07, 6.45) is 75.0. The highest BCUT2D eigenvalue weighted by Crippen LogP contribution is 2.16. The van der Waals surface area contributed by atoms with E-state index in [4.69, 9.17) is 14.2 Å². The van der Waals surface area contributed by atoms with Gasteiger partial charge in [-0.15, -0.1) is 0 Å². The summed E-state index contributed by atoms with van der Waals surface area (Å²) in [6.45, 7) is 6.55. The molecule has 0 aromatic carbocycles. The van der Waals surface area contributed by atoms with Crippen molar-refractivity contribution in [3.63, 3.8) is 0 Å². The van der Waals surface area contributed by atoms with Gasteiger partial charge in [0.05, 0.1) is 0 Å². The Morgan fingerprint density at radius 3 is 0.873 bits per heavy atom. The topological polar surface area (TPSA) is 78.9 Å². The first kappa shape index (κ1) is 68.1. The quantitative estimate of drug-likeness (QED) is 0.0261. The minimum absolute atomic E-state index is 0.0827. The maximum absolute atomic E-state index is 12.9. The molecule has 6 heteroatoms. The number of hydrogen-bond acceptors (Lipinski definition) is 6. The minimum atomic E-state index is -0.786. The number of esters is 3. The predicted molar refractivity (Wildman–Crippen MR) is 307 cm³/mol. The summed E-state index contributed by atoms with van der Waals surface area (Å²) in [7, 11) is 0. The highest BCUT2D eigenvalue weighted by Gasteiger charge is 2.19. The normalized spacial score (nSPS) is 12.4. The van der Waals surface area contributed by atoms with E-state index in [-0.39, 0.29) is 31.1 Å². The van der Waals surface area contributed by atoms with E-state index in [2.05, 4.69) is 81.5 Å². The van der Waals surface area contributed by atoms with Crippen LogP contribution in [0.5, 0.6) is 0 Å². The number of hydrogen-bond donors (Lipinski definition) is 0. The van der Waals surface area contributed by atoms with Crippen LogP contribution in [0.25, 0.3) is 0 Å². The lowest BCUT2D eigenvalue weighted by atomic mass is 10.1. The van der Waals surface area contributed by atoms with Crippen LogP contribution in [0.3, 0.4) is 0 Å². The van der Waals surface area contributed by atoms with Gasteiger partial charge in [0.15, 0.2) is 6.10 Å². The van der Waals surface area contributed by atoms with Gasteiger partial charge in [-0.25, -0.2) is 0 Å². The highest BCUT2D eigenvalue weighted by atomic mass is 16.6. The van der Waals surface area contributed by atoms with Gasteiger partial charge >= 0.3 is 17.9 Å². The zero-order valence-electron chi connectivity index (χ0n) is 47.2. The maximum atomic E-state index is 12.9. The molecule has 412 valence electrons. The van der Waals surface area contributed by atoms with Gasteiger partial charge in [0.2, 0.25) is 0 Å². The largest absolute Gasteiger partial charge is 0.462 e.